The highest BCUT2D eigenvalue weighted by Crippen LogP contribution is 2.25. The van der Waals surface area contributed by atoms with E-state index in [1.165, 1.54) is 17.3 Å². The van der Waals surface area contributed by atoms with Crippen molar-refractivity contribution in [3.8, 4) is 11.4 Å². The Hall–Kier alpha value is -2.67. The van der Waals surface area contributed by atoms with Crippen LogP contribution in [0.5, 0.6) is 0 Å². The topological polar surface area (TPSA) is 72.7 Å². The predicted octanol–water partition coefficient (Wildman–Crippen LogP) is 4.61. The van der Waals surface area contributed by atoms with Gasteiger partial charge in [0.25, 0.3) is 0 Å². The number of rotatable bonds is 8. The van der Waals surface area contributed by atoms with Crippen molar-refractivity contribution in [1.29, 1.82) is 0 Å². The molecule has 6 nitrogen and oxygen atoms in total. The molecule has 158 valence electrons. The minimum Gasteiger partial charge on any atom is -0.348 e. The molecule has 0 aliphatic carbocycles. The van der Waals surface area contributed by atoms with Crippen molar-refractivity contribution in [2.24, 2.45) is 13.0 Å². The molecule has 2 aromatic heterocycles. The summed E-state index contributed by atoms with van der Waals surface area (Å²) in [4.78, 5) is 16.7. The smallest absolute Gasteiger partial charge is 0.230 e. The number of nitrogens with zero attached hydrogens (tertiary/aromatic N) is 4. The maximum absolute atomic E-state index is 12.7. The van der Waals surface area contributed by atoms with Gasteiger partial charge in [-0.2, -0.15) is 0 Å². The van der Waals surface area contributed by atoms with Crippen molar-refractivity contribution >= 4 is 17.7 Å². The molecule has 3 aromatic rings. The number of carbonyl (C=O) groups excluding carboxylic acids is 1. The summed E-state index contributed by atoms with van der Waals surface area (Å²) < 4.78 is 1.90. The van der Waals surface area contributed by atoms with Gasteiger partial charge in [0.1, 0.15) is 0 Å². The number of carbonyl (C=O) groups is 1. The van der Waals surface area contributed by atoms with Crippen LogP contribution in [0.25, 0.3) is 11.4 Å². The zero-order chi connectivity index (χ0) is 21.7. The first-order valence-electron chi connectivity index (χ1n) is 10.2. The lowest BCUT2D eigenvalue weighted by Crippen LogP contribution is -2.33. The van der Waals surface area contributed by atoms with Crippen LogP contribution in [0.15, 0.2) is 53.9 Å². The van der Waals surface area contributed by atoms with Crippen LogP contribution in [0.1, 0.15) is 50.8 Å². The van der Waals surface area contributed by atoms with Gasteiger partial charge in [-0.15, -0.1) is 10.2 Å². The van der Waals surface area contributed by atoms with E-state index in [1.54, 1.807) is 12.4 Å². The SMILES string of the molecule is CC(C)c1ccc([C@H](NC(=O)CSc2nnc(-c3ccncc3)n2C)C(C)C)cc1. The van der Waals surface area contributed by atoms with E-state index >= 15 is 0 Å². The Bertz CT molecular complexity index is 967. The van der Waals surface area contributed by atoms with E-state index in [1.807, 2.05) is 23.7 Å². The molecule has 0 saturated carbocycles. The summed E-state index contributed by atoms with van der Waals surface area (Å²) in [7, 11) is 1.91. The van der Waals surface area contributed by atoms with Crippen LogP contribution in [0.4, 0.5) is 0 Å². The number of nitrogens with one attached hydrogen (secondary N) is 1. The summed E-state index contributed by atoms with van der Waals surface area (Å²) >= 11 is 1.39. The van der Waals surface area contributed by atoms with Crippen LogP contribution < -0.4 is 5.32 Å². The molecule has 2 heterocycles. The number of amides is 1. The maximum atomic E-state index is 12.7. The van der Waals surface area contributed by atoms with E-state index in [0.29, 0.717) is 11.1 Å². The maximum Gasteiger partial charge on any atom is 0.230 e. The van der Waals surface area contributed by atoms with Gasteiger partial charge in [0, 0.05) is 25.0 Å². The number of benzene rings is 1. The Morgan fingerprint density at radius 2 is 1.63 bits per heavy atom. The quantitative estimate of drug-likeness (QED) is 0.536. The van der Waals surface area contributed by atoms with E-state index in [4.69, 9.17) is 0 Å². The number of hydrogen-bond acceptors (Lipinski definition) is 5. The Balaban J connectivity index is 1.63. The van der Waals surface area contributed by atoms with Crippen molar-refractivity contribution in [2.75, 3.05) is 5.75 Å². The Morgan fingerprint density at radius 1 is 1.00 bits per heavy atom. The van der Waals surface area contributed by atoms with E-state index in [9.17, 15) is 4.79 Å². The van der Waals surface area contributed by atoms with Gasteiger partial charge < -0.3 is 9.88 Å². The Labute approximate surface area is 182 Å². The Morgan fingerprint density at radius 3 is 2.23 bits per heavy atom. The molecule has 0 radical (unpaired) electrons. The average Bonchev–Trinajstić information content (AvgIpc) is 3.11. The summed E-state index contributed by atoms with van der Waals surface area (Å²) in [5.74, 6) is 1.81. The highest BCUT2D eigenvalue weighted by Gasteiger charge is 2.20. The van der Waals surface area contributed by atoms with Gasteiger partial charge in [0.2, 0.25) is 5.91 Å². The van der Waals surface area contributed by atoms with Crippen molar-refractivity contribution in [3.05, 3.63) is 59.9 Å². The van der Waals surface area contributed by atoms with E-state index in [0.717, 1.165) is 17.0 Å². The zero-order valence-electron chi connectivity index (χ0n) is 18.2. The normalized spacial score (nSPS) is 12.4. The first-order chi connectivity index (χ1) is 14.4. The largest absolute Gasteiger partial charge is 0.348 e. The minimum atomic E-state index is -0.0220. The molecular formula is C23H29N5OS. The molecule has 0 saturated heterocycles. The monoisotopic (exact) mass is 423 g/mol. The molecule has 0 fully saturated rings. The second-order valence-corrected chi connectivity index (χ2v) is 8.94. The summed E-state index contributed by atoms with van der Waals surface area (Å²) in [6.45, 7) is 8.61. The third-order valence-corrected chi connectivity index (χ3v) is 6.07. The number of thioether (sulfide) groups is 1. The van der Waals surface area contributed by atoms with E-state index in [2.05, 4.69) is 72.5 Å². The van der Waals surface area contributed by atoms with Crippen LogP contribution in [-0.2, 0) is 11.8 Å². The highest BCUT2D eigenvalue weighted by atomic mass is 32.2. The fraction of sp³-hybridized carbons (Fsp3) is 0.391. The average molecular weight is 424 g/mol. The van der Waals surface area contributed by atoms with Crippen LogP contribution in [0.3, 0.4) is 0 Å². The molecule has 0 unspecified atom stereocenters. The van der Waals surface area contributed by atoms with Gasteiger partial charge >= 0.3 is 0 Å². The molecule has 1 N–H and O–H groups in total. The van der Waals surface area contributed by atoms with Crippen LogP contribution >= 0.6 is 11.8 Å². The van der Waals surface area contributed by atoms with Gasteiger partial charge in [-0.3, -0.25) is 9.78 Å². The first-order valence-corrected chi connectivity index (χ1v) is 11.2. The van der Waals surface area contributed by atoms with Gasteiger partial charge in [-0.25, -0.2) is 0 Å². The molecule has 0 aliphatic rings. The lowest BCUT2D eigenvalue weighted by Gasteiger charge is -2.23. The molecule has 1 atom stereocenters. The lowest BCUT2D eigenvalue weighted by atomic mass is 9.93. The summed E-state index contributed by atoms with van der Waals surface area (Å²) in [6.07, 6.45) is 3.45. The van der Waals surface area contributed by atoms with Crippen LogP contribution in [0.2, 0.25) is 0 Å². The molecule has 1 amide bonds. The van der Waals surface area contributed by atoms with Crippen molar-refractivity contribution in [2.45, 2.75) is 44.8 Å². The van der Waals surface area contributed by atoms with Crippen molar-refractivity contribution < 1.29 is 4.79 Å². The molecule has 0 aliphatic heterocycles. The molecular weight excluding hydrogens is 394 g/mol. The highest BCUT2D eigenvalue weighted by molar-refractivity contribution is 7.99. The summed E-state index contributed by atoms with van der Waals surface area (Å²) in [6, 6.07) is 12.3. The van der Waals surface area contributed by atoms with Crippen molar-refractivity contribution in [3.63, 3.8) is 0 Å². The number of hydrogen-bond donors (Lipinski definition) is 1. The summed E-state index contributed by atoms with van der Waals surface area (Å²) in [5.41, 5.74) is 3.38. The Kier molecular flexibility index (Phi) is 7.26. The number of pyridine rings is 1. The fourth-order valence-electron chi connectivity index (χ4n) is 3.26. The third kappa shape index (κ3) is 5.27. The number of aromatic nitrogens is 4. The molecule has 0 bridgehead atoms. The molecule has 1 aromatic carbocycles. The standard InChI is InChI=1S/C23H29N5OS/c1-15(2)17-6-8-18(9-7-17)21(16(3)4)25-20(29)14-30-23-27-26-22(28(23)5)19-10-12-24-13-11-19/h6-13,15-16,21H,14H2,1-5H3,(H,25,29)/t21-/m1/s1. The van der Waals surface area contributed by atoms with Crippen LogP contribution in [-0.4, -0.2) is 31.4 Å². The molecule has 30 heavy (non-hydrogen) atoms. The predicted molar refractivity (Wildman–Crippen MR) is 121 cm³/mol. The van der Waals surface area contributed by atoms with Crippen LogP contribution in [0, 0.1) is 5.92 Å². The van der Waals surface area contributed by atoms with E-state index in [-0.39, 0.29) is 23.6 Å². The van der Waals surface area contributed by atoms with Gasteiger partial charge in [-0.05, 0) is 35.1 Å². The van der Waals surface area contributed by atoms with Gasteiger partial charge in [0.05, 0.1) is 11.8 Å². The summed E-state index contributed by atoms with van der Waals surface area (Å²) in [5, 5.41) is 12.4. The fourth-order valence-corrected chi connectivity index (χ4v) is 3.98. The van der Waals surface area contributed by atoms with Gasteiger partial charge in [-0.1, -0.05) is 63.7 Å². The lowest BCUT2D eigenvalue weighted by molar-refractivity contribution is -0.119. The third-order valence-electron chi connectivity index (χ3n) is 5.05. The molecule has 0 spiro atoms. The van der Waals surface area contributed by atoms with Crippen molar-refractivity contribution in [1.82, 2.24) is 25.1 Å². The first kappa shape index (κ1) is 22.0. The molecule has 7 heteroatoms. The van der Waals surface area contributed by atoms with Gasteiger partial charge in [0.15, 0.2) is 11.0 Å². The minimum absolute atomic E-state index is 0.0138. The molecule has 3 rings (SSSR count). The second kappa shape index (κ2) is 9.89. The van der Waals surface area contributed by atoms with E-state index < -0.39 is 0 Å². The zero-order valence-corrected chi connectivity index (χ0v) is 19.0. The second-order valence-electron chi connectivity index (χ2n) is 8.00.